The second-order valence-corrected chi connectivity index (χ2v) is 8.30. The molecule has 0 bridgehead atoms. The van der Waals surface area contributed by atoms with Crippen molar-refractivity contribution >= 4 is 11.1 Å². The van der Waals surface area contributed by atoms with Crippen molar-refractivity contribution in [3.8, 4) is 0 Å². The zero-order valence-corrected chi connectivity index (χ0v) is 16.1. The Bertz CT molecular complexity index is 859. The molecule has 1 fully saturated rings. The summed E-state index contributed by atoms with van der Waals surface area (Å²) >= 11 is 0. The summed E-state index contributed by atoms with van der Waals surface area (Å²) in [7, 11) is 0. The molecule has 2 aromatic rings. The van der Waals surface area contributed by atoms with Gasteiger partial charge in [-0.25, -0.2) is 0 Å². The van der Waals surface area contributed by atoms with Crippen molar-refractivity contribution in [2.45, 2.75) is 57.5 Å². The first-order valence-corrected chi connectivity index (χ1v) is 9.99. The fourth-order valence-corrected chi connectivity index (χ4v) is 4.78. The Balaban J connectivity index is 1.36. The zero-order valence-electron chi connectivity index (χ0n) is 16.1. The molecule has 0 amide bonds. The highest BCUT2D eigenvalue weighted by Crippen LogP contribution is 2.41. The van der Waals surface area contributed by atoms with Gasteiger partial charge in [0.1, 0.15) is 0 Å². The molecule has 138 valence electrons. The van der Waals surface area contributed by atoms with Crippen LogP contribution < -0.4 is 0 Å². The molecule has 2 nitrogen and oxygen atoms in total. The molecular weight excluding hydrogens is 332 g/mol. The van der Waals surface area contributed by atoms with Gasteiger partial charge in [-0.3, -0.25) is 0 Å². The maximum atomic E-state index is 6.35. The minimum absolute atomic E-state index is 0.0890. The average Bonchev–Trinajstić information content (AvgIpc) is 3.32. The lowest BCUT2D eigenvalue weighted by atomic mass is 9.94. The number of hydrogen-bond donors (Lipinski definition) is 0. The van der Waals surface area contributed by atoms with E-state index in [1.807, 2.05) is 13.8 Å². The van der Waals surface area contributed by atoms with E-state index in [2.05, 4.69) is 60.7 Å². The van der Waals surface area contributed by atoms with Gasteiger partial charge in [0.15, 0.2) is 5.79 Å². The van der Waals surface area contributed by atoms with Crippen LogP contribution >= 0.6 is 0 Å². The SMILES string of the molecule is CC1(C)O[C@H](CC2=CCc3ccccc32)[C@@H](CC2=CCc3ccccc32)O1. The van der Waals surface area contributed by atoms with Crippen LogP contribution in [-0.4, -0.2) is 18.0 Å². The molecule has 1 heterocycles. The molecule has 1 aliphatic heterocycles. The van der Waals surface area contributed by atoms with E-state index in [4.69, 9.17) is 9.47 Å². The number of hydrogen-bond acceptors (Lipinski definition) is 2. The van der Waals surface area contributed by atoms with Gasteiger partial charge in [-0.05, 0) is 60.1 Å². The molecule has 0 saturated carbocycles. The van der Waals surface area contributed by atoms with Crippen LogP contribution in [0.15, 0.2) is 60.7 Å². The van der Waals surface area contributed by atoms with Crippen molar-refractivity contribution in [2.24, 2.45) is 0 Å². The molecule has 3 aliphatic rings. The first-order chi connectivity index (χ1) is 13.1. The number of allylic oxidation sites excluding steroid dienone is 2. The van der Waals surface area contributed by atoms with Gasteiger partial charge < -0.3 is 9.47 Å². The summed E-state index contributed by atoms with van der Waals surface area (Å²) in [6.45, 7) is 4.07. The van der Waals surface area contributed by atoms with E-state index >= 15 is 0 Å². The highest BCUT2D eigenvalue weighted by Gasteiger charge is 2.42. The van der Waals surface area contributed by atoms with Crippen LogP contribution in [-0.2, 0) is 22.3 Å². The largest absolute Gasteiger partial charge is 0.344 e. The van der Waals surface area contributed by atoms with Crippen LogP contribution in [0.25, 0.3) is 11.1 Å². The van der Waals surface area contributed by atoms with Gasteiger partial charge >= 0.3 is 0 Å². The van der Waals surface area contributed by atoms with Crippen molar-refractivity contribution in [1.82, 2.24) is 0 Å². The van der Waals surface area contributed by atoms with E-state index in [1.54, 1.807) is 0 Å². The van der Waals surface area contributed by atoms with Gasteiger partial charge in [-0.1, -0.05) is 60.7 Å². The summed E-state index contributed by atoms with van der Waals surface area (Å²) in [6, 6.07) is 17.4. The smallest absolute Gasteiger partial charge is 0.163 e. The maximum Gasteiger partial charge on any atom is 0.163 e. The molecule has 1 saturated heterocycles. The molecule has 5 rings (SSSR count). The van der Waals surface area contributed by atoms with Gasteiger partial charge in [0.2, 0.25) is 0 Å². The third-order valence-electron chi connectivity index (χ3n) is 5.99. The van der Waals surface area contributed by atoms with E-state index in [9.17, 15) is 0 Å². The highest BCUT2D eigenvalue weighted by atomic mass is 16.7. The lowest BCUT2D eigenvalue weighted by Crippen LogP contribution is -2.23. The fourth-order valence-electron chi connectivity index (χ4n) is 4.78. The van der Waals surface area contributed by atoms with Crippen LogP contribution in [0.3, 0.4) is 0 Å². The monoisotopic (exact) mass is 358 g/mol. The lowest BCUT2D eigenvalue weighted by Gasteiger charge is -2.19. The Hall–Kier alpha value is -2.16. The van der Waals surface area contributed by atoms with Crippen LogP contribution in [0.4, 0.5) is 0 Å². The van der Waals surface area contributed by atoms with Gasteiger partial charge in [0.05, 0.1) is 12.2 Å². The third-order valence-corrected chi connectivity index (χ3v) is 5.99. The summed E-state index contributed by atoms with van der Waals surface area (Å²) in [4.78, 5) is 0. The second-order valence-electron chi connectivity index (χ2n) is 8.30. The lowest BCUT2D eigenvalue weighted by molar-refractivity contribution is -0.145. The zero-order chi connectivity index (χ0) is 18.4. The second kappa shape index (κ2) is 6.47. The molecule has 2 atom stereocenters. The number of benzene rings is 2. The van der Waals surface area contributed by atoms with Crippen LogP contribution in [0.2, 0.25) is 0 Å². The molecule has 2 aliphatic carbocycles. The standard InChI is InChI=1S/C25H26O2/c1-25(2)26-23(15-19-13-11-17-7-3-5-9-21(17)19)24(27-25)16-20-14-12-18-8-4-6-10-22(18)20/h3-10,13-14,23-24H,11-12,15-16H2,1-2H3/t23-,24-/m1/s1. The Morgan fingerprint density at radius 2 is 1.19 bits per heavy atom. The van der Waals surface area contributed by atoms with Gasteiger partial charge in [0, 0.05) is 12.8 Å². The predicted molar refractivity (Wildman–Crippen MR) is 109 cm³/mol. The Morgan fingerprint density at radius 1 is 0.741 bits per heavy atom. The average molecular weight is 358 g/mol. The summed E-state index contributed by atoms with van der Waals surface area (Å²) < 4.78 is 12.7. The maximum absolute atomic E-state index is 6.35. The molecule has 0 N–H and O–H groups in total. The molecule has 0 spiro atoms. The van der Waals surface area contributed by atoms with E-state index in [1.165, 1.54) is 33.4 Å². The summed E-state index contributed by atoms with van der Waals surface area (Å²) in [6.07, 6.45) is 8.80. The van der Waals surface area contributed by atoms with Crippen molar-refractivity contribution in [3.05, 3.63) is 82.9 Å². The quantitative estimate of drug-likeness (QED) is 0.712. The van der Waals surface area contributed by atoms with Gasteiger partial charge in [0.25, 0.3) is 0 Å². The first kappa shape index (κ1) is 17.0. The molecular formula is C25H26O2. The predicted octanol–water partition coefficient (Wildman–Crippen LogP) is 5.57. The van der Waals surface area contributed by atoms with Crippen molar-refractivity contribution in [1.29, 1.82) is 0 Å². The molecule has 2 heteroatoms. The van der Waals surface area contributed by atoms with E-state index in [0.29, 0.717) is 0 Å². The minimum atomic E-state index is -0.521. The van der Waals surface area contributed by atoms with E-state index in [0.717, 1.165) is 25.7 Å². The normalized spacial score (nSPS) is 25.1. The van der Waals surface area contributed by atoms with E-state index < -0.39 is 5.79 Å². The van der Waals surface area contributed by atoms with Crippen molar-refractivity contribution < 1.29 is 9.47 Å². The van der Waals surface area contributed by atoms with Crippen molar-refractivity contribution in [2.75, 3.05) is 0 Å². The number of rotatable bonds is 4. The topological polar surface area (TPSA) is 18.5 Å². The van der Waals surface area contributed by atoms with Gasteiger partial charge in [-0.15, -0.1) is 0 Å². The Morgan fingerprint density at radius 3 is 1.67 bits per heavy atom. The first-order valence-electron chi connectivity index (χ1n) is 9.99. The Kier molecular flexibility index (Phi) is 4.07. The van der Waals surface area contributed by atoms with Crippen LogP contribution in [0.1, 0.15) is 48.9 Å². The summed E-state index contributed by atoms with van der Waals surface area (Å²) in [5.74, 6) is -0.521. The minimum Gasteiger partial charge on any atom is -0.344 e. The fraction of sp³-hybridized carbons (Fsp3) is 0.360. The molecule has 0 aromatic heterocycles. The third kappa shape index (κ3) is 3.18. The van der Waals surface area contributed by atoms with Crippen LogP contribution in [0, 0.1) is 0 Å². The molecule has 0 radical (unpaired) electrons. The summed E-state index contributed by atoms with van der Waals surface area (Å²) in [5, 5.41) is 0. The number of fused-ring (bicyclic) bond motifs is 2. The highest BCUT2D eigenvalue weighted by molar-refractivity contribution is 5.74. The number of ether oxygens (including phenoxy) is 2. The Labute approximate surface area is 161 Å². The van der Waals surface area contributed by atoms with E-state index in [-0.39, 0.29) is 12.2 Å². The summed E-state index contributed by atoms with van der Waals surface area (Å²) in [5.41, 5.74) is 8.43. The molecule has 0 unspecified atom stereocenters. The van der Waals surface area contributed by atoms with Crippen LogP contribution in [0.5, 0.6) is 0 Å². The van der Waals surface area contributed by atoms with Crippen molar-refractivity contribution in [3.63, 3.8) is 0 Å². The molecule has 2 aromatic carbocycles. The molecule has 27 heavy (non-hydrogen) atoms. The van der Waals surface area contributed by atoms with Gasteiger partial charge in [-0.2, -0.15) is 0 Å².